The molecule has 1 fully saturated rings. The number of amides is 1. The number of ether oxygens (including phenoxy) is 2. The molecule has 8 heteroatoms. The molecule has 28 heavy (non-hydrogen) atoms. The van der Waals surface area contributed by atoms with Crippen LogP contribution in [-0.4, -0.2) is 50.9 Å². The summed E-state index contributed by atoms with van der Waals surface area (Å²) < 4.78 is 13.2. The number of rotatable bonds is 4. The third kappa shape index (κ3) is 3.17. The summed E-state index contributed by atoms with van der Waals surface area (Å²) in [4.78, 5) is 14.9. The van der Waals surface area contributed by atoms with Crippen molar-refractivity contribution in [2.75, 3.05) is 25.5 Å². The van der Waals surface area contributed by atoms with Crippen molar-refractivity contribution < 1.29 is 14.3 Å². The monoisotopic (exact) mass is 396 g/mol. The molecule has 2 aliphatic rings. The van der Waals surface area contributed by atoms with Crippen LogP contribution in [0.5, 0.6) is 11.5 Å². The van der Waals surface area contributed by atoms with Crippen LogP contribution >= 0.6 is 11.8 Å². The van der Waals surface area contributed by atoms with E-state index in [1.54, 1.807) is 0 Å². The van der Waals surface area contributed by atoms with Crippen LogP contribution in [0.2, 0.25) is 0 Å². The van der Waals surface area contributed by atoms with Gasteiger partial charge < -0.3 is 14.4 Å². The smallest absolute Gasteiger partial charge is 0.233 e. The van der Waals surface area contributed by atoms with E-state index in [0.29, 0.717) is 19.0 Å². The Morgan fingerprint density at radius 3 is 2.96 bits per heavy atom. The van der Waals surface area contributed by atoms with Crippen LogP contribution in [0.25, 0.3) is 5.65 Å². The number of hydrogen-bond donors (Lipinski definition) is 0. The molecule has 7 nitrogen and oxygen atoms in total. The highest BCUT2D eigenvalue weighted by molar-refractivity contribution is 7.99. The molecule has 0 spiro atoms. The zero-order valence-corrected chi connectivity index (χ0v) is 16.1. The van der Waals surface area contributed by atoms with Gasteiger partial charge in [0.1, 0.15) is 13.2 Å². The zero-order chi connectivity index (χ0) is 18.9. The van der Waals surface area contributed by atoms with Crippen molar-refractivity contribution in [2.45, 2.75) is 24.0 Å². The number of thioether (sulfide) groups is 1. The van der Waals surface area contributed by atoms with E-state index >= 15 is 0 Å². The first-order chi connectivity index (χ1) is 13.8. The number of aromatic nitrogens is 3. The summed E-state index contributed by atoms with van der Waals surface area (Å²) in [6.45, 7) is 1.92. The zero-order valence-electron chi connectivity index (χ0n) is 15.3. The summed E-state index contributed by atoms with van der Waals surface area (Å²) in [5, 5.41) is 9.07. The van der Waals surface area contributed by atoms with E-state index in [9.17, 15) is 4.79 Å². The fraction of sp³-hybridized carbons (Fsp3) is 0.350. The molecule has 1 atom stereocenters. The van der Waals surface area contributed by atoms with Crippen molar-refractivity contribution >= 4 is 23.3 Å². The van der Waals surface area contributed by atoms with Crippen molar-refractivity contribution in [1.29, 1.82) is 0 Å². The second-order valence-corrected chi connectivity index (χ2v) is 7.79. The minimum Gasteiger partial charge on any atom is -0.486 e. The van der Waals surface area contributed by atoms with E-state index in [-0.39, 0.29) is 11.9 Å². The van der Waals surface area contributed by atoms with E-state index in [0.717, 1.165) is 47.3 Å². The van der Waals surface area contributed by atoms with Gasteiger partial charge in [-0.2, -0.15) is 0 Å². The Kier molecular flexibility index (Phi) is 4.56. The van der Waals surface area contributed by atoms with Gasteiger partial charge in [-0.15, -0.1) is 10.2 Å². The van der Waals surface area contributed by atoms with Gasteiger partial charge in [-0.3, -0.25) is 9.20 Å². The number of nitrogens with zero attached hydrogens (tertiary/aromatic N) is 4. The molecule has 1 saturated heterocycles. The van der Waals surface area contributed by atoms with E-state index < -0.39 is 0 Å². The van der Waals surface area contributed by atoms with E-state index in [4.69, 9.17) is 9.47 Å². The highest BCUT2D eigenvalue weighted by Crippen LogP contribution is 2.38. The van der Waals surface area contributed by atoms with Gasteiger partial charge in [0.15, 0.2) is 22.3 Å². The third-order valence-corrected chi connectivity index (χ3v) is 6.06. The van der Waals surface area contributed by atoms with Crippen molar-refractivity contribution in [3.8, 4) is 11.5 Å². The minimum atomic E-state index is 0.0825. The Labute approximate surface area is 166 Å². The van der Waals surface area contributed by atoms with Crippen molar-refractivity contribution in [3.05, 3.63) is 48.2 Å². The van der Waals surface area contributed by atoms with E-state index in [2.05, 4.69) is 10.2 Å². The predicted molar refractivity (Wildman–Crippen MR) is 105 cm³/mol. The summed E-state index contributed by atoms with van der Waals surface area (Å²) in [7, 11) is 0. The third-order valence-electron chi connectivity index (χ3n) is 5.13. The first kappa shape index (κ1) is 17.4. The standard InChI is InChI=1S/C20H20N4O3S/c25-19(13-28-20-22-21-18-5-1-2-8-24(18)20)23-9-3-4-15(23)14-6-7-16-17(12-14)27-11-10-26-16/h1-2,5-8,12,15H,3-4,9-11,13H2/t15-/m0/s1. The van der Waals surface area contributed by atoms with Crippen molar-refractivity contribution in [3.63, 3.8) is 0 Å². The molecule has 0 saturated carbocycles. The second kappa shape index (κ2) is 7.35. The highest BCUT2D eigenvalue weighted by atomic mass is 32.2. The van der Waals surface area contributed by atoms with Crippen LogP contribution in [0.4, 0.5) is 0 Å². The molecule has 0 unspecified atom stereocenters. The largest absolute Gasteiger partial charge is 0.486 e. The molecule has 5 rings (SSSR count). The molecular formula is C20H20N4O3S. The Morgan fingerprint density at radius 2 is 2.04 bits per heavy atom. The van der Waals surface area contributed by atoms with Gasteiger partial charge in [-0.25, -0.2) is 0 Å². The lowest BCUT2D eigenvalue weighted by molar-refractivity contribution is -0.129. The van der Waals surface area contributed by atoms with Gasteiger partial charge >= 0.3 is 0 Å². The van der Waals surface area contributed by atoms with Crippen LogP contribution in [0.3, 0.4) is 0 Å². The summed E-state index contributed by atoms with van der Waals surface area (Å²) in [5.41, 5.74) is 1.89. The first-order valence-electron chi connectivity index (χ1n) is 9.41. The van der Waals surface area contributed by atoms with Gasteiger partial charge in [0.05, 0.1) is 11.8 Å². The molecule has 0 radical (unpaired) electrons. The van der Waals surface area contributed by atoms with Gasteiger partial charge in [0, 0.05) is 12.7 Å². The Balaban J connectivity index is 1.30. The molecule has 4 heterocycles. The van der Waals surface area contributed by atoms with Crippen LogP contribution in [0.15, 0.2) is 47.8 Å². The van der Waals surface area contributed by atoms with Gasteiger partial charge in [0.25, 0.3) is 0 Å². The maximum atomic E-state index is 12.9. The molecule has 0 aliphatic carbocycles. The fourth-order valence-electron chi connectivity index (χ4n) is 3.81. The van der Waals surface area contributed by atoms with Crippen molar-refractivity contribution in [1.82, 2.24) is 19.5 Å². The number of carbonyl (C=O) groups excluding carboxylic acids is 1. The lowest BCUT2D eigenvalue weighted by Gasteiger charge is -2.26. The lowest BCUT2D eigenvalue weighted by atomic mass is 10.0. The number of carbonyl (C=O) groups is 1. The molecule has 144 valence electrons. The maximum absolute atomic E-state index is 12.9. The number of likely N-dealkylation sites (tertiary alicyclic amines) is 1. The number of fused-ring (bicyclic) bond motifs is 2. The SMILES string of the molecule is O=C(CSc1nnc2ccccn12)N1CCC[C@H]1c1ccc2c(c1)OCCO2. The lowest BCUT2D eigenvalue weighted by Crippen LogP contribution is -2.32. The molecule has 1 aromatic carbocycles. The average molecular weight is 396 g/mol. The summed E-state index contributed by atoms with van der Waals surface area (Å²) in [6.07, 6.45) is 3.88. The van der Waals surface area contributed by atoms with E-state index in [1.165, 1.54) is 11.8 Å². The molecule has 1 amide bonds. The van der Waals surface area contributed by atoms with Gasteiger partial charge in [-0.05, 0) is 42.7 Å². The minimum absolute atomic E-state index is 0.0825. The normalized spacial score (nSPS) is 18.6. The number of hydrogen-bond acceptors (Lipinski definition) is 6. The molecule has 0 N–H and O–H groups in total. The molecular weight excluding hydrogens is 376 g/mol. The molecule has 3 aromatic rings. The van der Waals surface area contributed by atoms with Crippen LogP contribution < -0.4 is 9.47 Å². The van der Waals surface area contributed by atoms with E-state index in [1.807, 2.05) is 51.9 Å². The Morgan fingerprint density at radius 1 is 1.14 bits per heavy atom. The highest BCUT2D eigenvalue weighted by Gasteiger charge is 2.31. The molecule has 0 bridgehead atoms. The van der Waals surface area contributed by atoms with Crippen molar-refractivity contribution in [2.24, 2.45) is 0 Å². The maximum Gasteiger partial charge on any atom is 0.233 e. The fourth-order valence-corrected chi connectivity index (χ4v) is 4.62. The van der Waals surface area contributed by atoms with Crippen LogP contribution in [0.1, 0.15) is 24.4 Å². The molecule has 2 aromatic heterocycles. The van der Waals surface area contributed by atoms with Crippen LogP contribution in [0, 0.1) is 0 Å². The number of benzene rings is 1. The summed E-state index contributed by atoms with van der Waals surface area (Å²) in [6, 6.07) is 11.8. The Hall–Kier alpha value is -2.74. The average Bonchev–Trinajstić information content (AvgIpc) is 3.39. The number of pyridine rings is 1. The van der Waals surface area contributed by atoms with Gasteiger partial charge in [0.2, 0.25) is 5.91 Å². The van der Waals surface area contributed by atoms with Crippen LogP contribution in [-0.2, 0) is 4.79 Å². The topological polar surface area (TPSA) is 69.0 Å². The summed E-state index contributed by atoms with van der Waals surface area (Å²) >= 11 is 1.43. The predicted octanol–water partition coefficient (Wildman–Crippen LogP) is 2.96. The summed E-state index contributed by atoms with van der Waals surface area (Å²) in [5.74, 6) is 2.01. The Bertz CT molecular complexity index is 1020. The first-order valence-corrected chi connectivity index (χ1v) is 10.4. The quantitative estimate of drug-likeness (QED) is 0.632. The van der Waals surface area contributed by atoms with Gasteiger partial charge in [-0.1, -0.05) is 23.9 Å². The second-order valence-electron chi connectivity index (χ2n) is 6.85. The molecule has 2 aliphatic heterocycles.